The average Bonchev–Trinajstić information content (AvgIpc) is 2.41. The van der Waals surface area contributed by atoms with Gasteiger partial charge in [0.1, 0.15) is 11.6 Å². The van der Waals surface area contributed by atoms with Crippen LogP contribution in [0.2, 0.25) is 0 Å². The highest BCUT2D eigenvalue weighted by atomic mass is 79.9. The van der Waals surface area contributed by atoms with Crippen LogP contribution in [0.5, 0.6) is 11.6 Å². The number of aromatic nitrogens is 2. The number of nitrogens with two attached hydrogens (primary N) is 1. The van der Waals surface area contributed by atoms with Gasteiger partial charge in [0.05, 0.1) is 0 Å². The molecule has 0 aliphatic carbocycles. The minimum absolute atomic E-state index is 0.194. The summed E-state index contributed by atoms with van der Waals surface area (Å²) in [5.74, 6) is 3.70. The van der Waals surface area contributed by atoms with Crippen molar-refractivity contribution in [3.8, 4) is 11.6 Å². The molecule has 1 aromatic heterocycles. The van der Waals surface area contributed by atoms with Gasteiger partial charge in [-0.15, -0.1) is 0 Å². The van der Waals surface area contributed by atoms with Gasteiger partial charge >= 0.3 is 6.18 Å². The third kappa shape index (κ3) is 3.82. The van der Waals surface area contributed by atoms with Crippen molar-refractivity contribution in [1.29, 1.82) is 0 Å². The molecule has 2 aromatic rings. The molecule has 5 nitrogen and oxygen atoms in total. The summed E-state index contributed by atoms with van der Waals surface area (Å²) in [4.78, 5) is 6.59. The van der Waals surface area contributed by atoms with Crippen molar-refractivity contribution >= 4 is 21.7 Å². The Morgan fingerprint density at radius 1 is 1.24 bits per heavy atom. The molecule has 0 radical (unpaired) electrons. The van der Waals surface area contributed by atoms with E-state index in [1.807, 2.05) is 0 Å². The van der Waals surface area contributed by atoms with Crippen LogP contribution < -0.4 is 16.0 Å². The van der Waals surface area contributed by atoms with Gasteiger partial charge in [-0.3, -0.25) is 0 Å². The molecule has 3 N–H and O–H groups in total. The Kier molecular flexibility index (Phi) is 4.33. The van der Waals surface area contributed by atoms with E-state index in [2.05, 4.69) is 31.3 Å². The van der Waals surface area contributed by atoms with Gasteiger partial charge in [-0.1, -0.05) is 22.0 Å². The monoisotopic (exact) mass is 362 g/mol. The number of nitrogens with zero attached hydrogens (tertiary/aromatic N) is 2. The average molecular weight is 363 g/mol. The number of alkyl halides is 3. The van der Waals surface area contributed by atoms with Crippen LogP contribution in [0, 0.1) is 6.92 Å². The molecule has 0 spiro atoms. The number of hydrogen-bond acceptors (Lipinski definition) is 5. The highest BCUT2D eigenvalue weighted by Gasteiger charge is 2.35. The highest BCUT2D eigenvalue weighted by Crippen LogP contribution is 2.32. The van der Waals surface area contributed by atoms with Crippen LogP contribution in [0.15, 0.2) is 28.7 Å². The van der Waals surface area contributed by atoms with Gasteiger partial charge in [0.25, 0.3) is 0 Å². The van der Waals surface area contributed by atoms with Gasteiger partial charge in [0.15, 0.2) is 0 Å². The number of ether oxygens (including phenoxy) is 1. The summed E-state index contributed by atoms with van der Waals surface area (Å²) in [7, 11) is 0. The molecule has 1 heterocycles. The molecule has 0 aliphatic rings. The maximum Gasteiger partial charge on any atom is 0.451 e. The SMILES string of the molecule is Cc1ccc(Br)cc1Oc1cc(NN)nc(C(F)(F)F)n1. The summed E-state index contributed by atoms with van der Waals surface area (Å²) in [6, 6.07) is 6.35. The van der Waals surface area contributed by atoms with E-state index in [1.54, 1.807) is 25.1 Å². The molecule has 0 saturated carbocycles. The van der Waals surface area contributed by atoms with E-state index in [0.717, 1.165) is 10.0 Å². The summed E-state index contributed by atoms with van der Waals surface area (Å²) in [5.41, 5.74) is 2.79. The molecule has 9 heteroatoms. The van der Waals surface area contributed by atoms with E-state index in [9.17, 15) is 13.2 Å². The smallest absolute Gasteiger partial charge is 0.439 e. The zero-order valence-corrected chi connectivity index (χ0v) is 12.3. The first kappa shape index (κ1) is 15.5. The van der Waals surface area contributed by atoms with E-state index in [4.69, 9.17) is 10.6 Å². The van der Waals surface area contributed by atoms with Crippen molar-refractivity contribution in [2.24, 2.45) is 5.84 Å². The highest BCUT2D eigenvalue weighted by molar-refractivity contribution is 9.10. The van der Waals surface area contributed by atoms with Crippen LogP contribution in [0.25, 0.3) is 0 Å². The Morgan fingerprint density at radius 3 is 2.57 bits per heavy atom. The Morgan fingerprint density at radius 2 is 1.95 bits per heavy atom. The van der Waals surface area contributed by atoms with Crippen molar-refractivity contribution in [3.05, 3.63) is 40.1 Å². The second kappa shape index (κ2) is 5.86. The lowest BCUT2D eigenvalue weighted by Gasteiger charge is -2.12. The van der Waals surface area contributed by atoms with Crippen molar-refractivity contribution < 1.29 is 17.9 Å². The van der Waals surface area contributed by atoms with E-state index in [1.165, 1.54) is 6.07 Å². The van der Waals surface area contributed by atoms with Gasteiger partial charge < -0.3 is 10.2 Å². The number of nitrogens with one attached hydrogen (secondary N) is 1. The van der Waals surface area contributed by atoms with E-state index < -0.39 is 12.0 Å². The lowest BCUT2D eigenvalue weighted by atomic mass is 10.2. The summed E-state index contributed by atoms with van der Waals surface area (Å²) in [5, 5.41) is 0. The van der Waals surface area contributed by atoms with Gasteiger partial charge in [-0.2, -0.15) is 18.2 Å². The molecule has 2 rings (SSSR count). The van der Waals surface area contributed by atoms with Gasteiger partial charge in [0, 0.05) is 10.5 Å². The minimum atomic E-state index is -4.70. The van der Waals surface area contributed by atoms with Crippen LogP contribution >= 0.6 is 15.9 Å². The summed E-state index contributed by atoms with van der Waals surface area (Å²) < 4.78 is 44.2. The molecule has 21 heavy (non-hydrogen) atoms. The first-order valence-corrected chi connectivity index (χ1v) is 6.46. The number of halogens is 4. The zero-order valence-electron chi connectivity index (χ0n) is 10.7. The second-order valence-corrected chi connectivity index (χ2v) is 4.98. The van der Waals surface area contributed by atoms with E-state index in [-0.39, 0.29) is 11.7 Å². The van der Waals surface area contributed by atoms with Gasteiger partial charge in [0.2, 0.25) is 11.7 Å². The maximum absolute atomic E-state index is 12.7. The van der Waals surface area contributed by atoms with Crippen LogP contribution in [0.1, 0.15) is 11.4 Å². The Hall–Kier alpha value is -1.87. The zero-order chi connectivity index (χ0) is 15.6. The van der Waals surface area contributed by atoms with Crippen molar-refractivity contribution in [2.45, 2.75) is 13.1 Å². The summed E-state index contributed by atoms with van der Waals surface area (Å²) in [6.45, 7) is 1.76. The van der Waals surface area contributed by atoms with Crippen LogP contribution in [0.4, 0.5) is 19.0 Å². The third-order valence-corrected chi connectivity index (χ3v) is 2.96. The Labute approximate surface area is 126 Å². The number of nitrogen functional groups attached to an aromatic ring is 1. The fourth-order valence-electron chi connectivity index (χ4n) is 1.47. The number of hydrazine groups is 1. The quantitative estimate of drug-likeness (QED) is 0.644. The molecular weight excluding hydrogens is 353 g/mol. The van der Waals surface area contributed by atoms with Gasteiger partial charge in [-0.25, -0.2) is 10.8 Å². The van der Waals surface area contributed by atoms with Crippen molar-refractivity contribution in [2.75, 3.05) is 5.43 Å². The molecule has 1 aromatic carbocycles. The fourth-order valence-corrected chi connectivity index (χ4v) is 1.81. The van der Waals surface area contributed by atoms with Gasteiger partial charge in [-0.05, 0) is 24.6 Å². The van der Waals surface area contributed by atoms with Crippen LogP contribution in [-0.2, 0) is 6.18 Å². The molecule has 0 atom stereocenters. The molecule has 0 aliphatic heterocycles. The molecule has 0 unspecified atom stereocenters. The fraction of sp³-hybridized carbons (Fsp3) is 0.167. The molecule has 0 fully saturated rings. The van der Waals surface area contributed by atoms with E-state index >= 15 is 0 Å². The maximum atomic E-state index is 12.7. The van der Waals surface area contributed by atoms with Crippen molar-refractivity contribution in [3.63, 3.8) is 0 Å². The topological polar surface area (TPSA) is 73.1 Å². The largest absolute Gasteiger partial charge is 0.451 e. The minimum Gasteiger partial charge on any atom is -0.439 e. The Balaban J connectivity index is 2.42. The van der Waals surface area contributed by atoms with Crippen LogP contribution in [0.3, 0.4) is 0 Å². The molecule has 0 bridgehead atoms. The lowest BCUT2D eigenvalue weighted by molar-refractivity contribution is -0.145. The number of rotatable bonds is 3. The normalized spacial score (nSPS) is 11.3. The number of benzene rings is 1. The first-order valence-electron chi connectivity index (χ1n) is 5.66. The number of anilines is 1. The molecular formula is C12H10BrF3N4O. The second-order valence-electron chi connectivity index (χ2n) is 4.07. The lowest BCUT2D eigenvalue weighted by Crippen LogP contribution is -2.16. The standard InChI is InChI=1S/C12H10BrF3N4O/c1-6-2-3-7(13)4-8(6)21-10-5-9(20-17)18-11(19-10)12(14,15)16/h2-5H,17H2,1H3,(H,18,19,20). The summed E-state index contributed by atoms with van der Waals surface area (Å²) in [6.07, 6.45) is -4.70. The summed E-state index contributed by atoms with van der Waals surface area (Å²) >= 11 is 3.26. The first-order chi connectivity index (χ1) is 9.79. The third-order valence-electron chi connectivity index (χ3n) is 2.47. The predicted octanol–water partition coefficient (Wildman–Crippen LogP) is 3.64. The molecule has 0 amide bonds. The molecule has 112 valence electrons. The number of hydrogen-bond donors (Lipinski definition) is 2. The van der Waals surface area contributed by atoms with Crippen LogP contribution in [-0.4, -0.2) is 9.97 Å². The predicted molar refractivity (Wildman–Crippen MR) is 73.8 cm³/mol. The Bertz CT molecular complexity index is 663. The number of aryl methyl sites for hydroxylation is 1. The van der Waals surface area contributed by atoms with Crippen molar-refractivity contribution in [1.82, 2.24) is 9.97 Å². The van der Waals surface area contributed by atoms with E-state index in [0.29, 0.717) is 5.75 Å². The molecule has 0 saturated heterocycles.